The van der Waals surface area contributed by atoms with Crippen LogP contribution >= 0.6 is 0 Å². The molecule has 2 N–H and O–H groups in total. The summed E-state index contributed by atoms with van der Waals surface area (Å²) in [5.41, 5.74) is 0.379. The number of nitrogens with one attached hydrogen (secondary N) is 2. The molecule has 2 amide bonds. The molecule has 0 saturated heterocycles. The van der Waals surface area contributed by atoms with Crippen LogP contribution < -0.4 is 20.1 Å². The Kier molecular flexibility index (Phi) is 8.32. The normalized spacial score (nSPS) is 9.89. The highest BCUT2D eigenvalue weighted by Crippen LogP contribution is 2.11. The summed E-state index contributed by atoms with van der Waals surface area (Å²) in [7, 11) is 1.53. The third-order valence-corrected chi connectivity index (χ3v) is 3.55. The molecule has 0 bridgehead atoms. The van der Waals surface area contributed by atoms with Crippen LogP contribution in [0.2, 0.25) is 0 Å². The molecule has 0 spiro atoms. The molecule has 0 unspecified atom stereocenters. The zero-order chi connectivity index (χ0) is 20.2. The van der Waals surface area contributed by atoms with Crippen LogP contribution in [-0.4, -0.2) is 51.2 Å². The van der Waals surface area contributed by atoms with Crippen molar-refractivity contribution in [1.29, 1.82) is 0 Å². The van der Waals surface area contributed by atoms with Crippen LogP contribution in [0.15, 0.2) is 54.6 Å². The number of para-hydroxylation sites is 1. The molecule has 2 aromatic rings. The number of carbonyl (C=O) groups excluding carboxylic acids is 3. The second-order valence-corrected chi connectivity index (χ2v) is 5.58. The molecule has 0 saturated carbocycles. The van der Waals surface area contributed by atoms with Gasteiger partial charge in [-0.3, -0.25) is 14.4 Å². The van der Waals surface area contributed by atoms with Crippen molar-refractivity contribution in [2.45, 2.75) is 0 Å². The molecular formula is C20H22N2O6. The van der Waals surface area contributed by atoms with Crippen LogP contribution in [0.4, 0.5) is 0 Å². The zero-order valence-electron chi connectivity index (χ0n) is 15.5. The lowest BCUT2D eigenvalue weighted by molar-refractivity contribution is -0.147. The Morgan fingerprint density at radius 2 is 1.61 bits per heavy atom. The van der Waals surface area contributed by atoms with E-state index in [2.05, 4.69) is 10.6 Å². The van der Waals surface area contributed by atoms with Gasteiger partial charge in [0.1, 0.15) is 24.7 Å². The Morgan fingerprint density at radius 1 is 0.893 bits per heavy atom. The van der Waals surface area contributed by atoms with Gasteiger partial charge in [-0.2, -0.15) is 0 Å². The van der Waals surface area contributed by atoms with Crippen molar-refractivity contribution in [2.75, 3.05) is 33.4 Å². The van der Waals surface area contributed by atoms with E-state index in [-0.39, 0.29) is 13.1 Å². The molecule has 0 atom stereocenters. The van der Waals surface area contributed by atoms with Crippen LogP contribution in [0, 0.1) is 0 Å². The first-order valence-corrected chi connectivity index (χ1v) is 8.61. The minimum atomic E-state index is -0.711. The predicted octanol–water partition coefficient (Wildman–Crippen LogP) is 1.16. The number of hydrogen-bond acceptors (Lipinski definition) is 6. The SMILES string of the molecule is COc1ccc(C(=O)NCC(=O)OCC(=O)NCCOc2ccccc2)cc1. The summed E-state index contributed by atoms with van der Waals surface area (Å²) in [6, 6.07) is 15.6. The molecule has 0 heterocycles. The maximum atomic E-state index is 11.9. The molecule has 0 aliphatic rings. The van der Waals surface area contributed by atoms with Crippen LogP contribution in [0.5, 0.6) is 11.5 Å². The first-order valence-electron chi connectivity index (χ1n) is 8.61. The summed E-state index contributed by atoms with van der Waals surface area (Å²) in [6.07, 6.45) is 0. The molecule has 0 radical (unpaired) electrons. The topological polar surface area (TPSA) is 103 Å². The number of methoxy groups -OCH3 is 1. The standard InChI is InChI=1S/C20H22N2O6/c1-26-16-9-7-15(8-10-16)20(25)22-13-19(24)28-14-18(23)21-11-12-27-17-5-3-2-4-6-17/h2-10H,11-14H2,1H3,(H,21,23)(H,22,25). The summed E-state index contributed by atoms with van der Waals surface area (Å²) in [5, 5.41) is 4.99. The molecule has 2 aromatic carbocycles. The van der Waals surface area contributed by atoms with E-state index in [1.807, 2.05) is 30.3 Å². The lowest BCUT2D eigenvalue weighted by Gasteiger charge is -2.09. The lowest BCUT2D eigenvalue weighted by atomic mass is 10.2. The van der Waals surface area contributed by atoms with Crippen LogP contribution in [-0.2, 0) is 14.3 Å². The number of amides is 2. The quantitative estimate of drug-likeness (QED) is 0.469. The van der Waals surface area contributed by atoms with Gasteiger partial charge in [0, 0.05) is 5.56 Å². The van der Waals surface area contributed by atoms with Gasteiger partial charge in [-0.1, -0.05) is 18.2 Å². The largest absolute Gasteiger partial charge is 0.497 e. The highest BCUT2D eigenvalue weighted by molar-refractivity contribution is 5.96. The van der Waals surface area contributed by atoms with Gasteiger partial charge in [0.05, 0.1) is 13.7 Å². The minimum Gasteiger partial charge on any atom is -0.497 e. The van der Waals surface area contributed by atoms with E-state index in [1.165, 1.54) is 7.11 Å². The second-order valence-electron chi connectivity index (χ2n) is 5.58. The van der Waals surface area contributed by atoms with E-state index < -0.39 is 24.4 Å². The highest BCUT2D eigenvalue weighted by atomic mass is 16.5. The molecule has 148 valence electrons. The number of carbonyl (C=O) groups is 3. The van der Waals surface area contributed by atoms with Gasteiger partial charge in [0.25, 0.3) is 11.8 Å². The maximum Gasteiger partial charge on any atom is 0.325 e. The van der Waals surface area contributed by atoms with Gasteiger partial charge in [-0.15, -0.1) is 0 Å². The van der Waals surface area contributed by atoms with Crippen LogP contribution in [0.25, 0.3) is 0 Å². The fourth-order valence-electron chi connectivity index (χ4n) is 2.12. The van der Waals surface area contributed by atoms with Crippen molar-refractivity contribution in [1.82, 2.24) is 10.6 Å². The number of benzene rings is 2. The first kappa shape index (κ1) is 20.8. The summed E-state index contributed by atoms with van der Waals surface area (Å²) < 4.78 is 15.2. The van der Waals surface area contributed by atoms with Crippen molar-refractivity contribution in [3.05, 3.63) is 60.2 Å². The Hall–Kier alpha value is -3.55. The zero-order valence-corrected chi connectivity index (χ0v) is 15.5. The molecule has 0 aliphatic carbocycles. The van der Waals surface area contributed by atoms with E-state index >= 15 is 0 Å². The molecule has 0 aliphatic heterocycles. The van der Waals surface area contributed by atoms with Crippen molar-refractivity contribution in [3.8, 4) is 11.5 Å². The average Bonchev–Trinajstić information content (AvgIpc) is 2.74. The van der Waals surface area contributed by atoms with Gasteiger partial charge < -0.3 is 24.8 Å². The lowest BCUT2D eigenvalue weighted by Crippen LogP contribution is -2.35. The monoisotopic (exact) mass is 386 g/mol. The van der Waals surface area contributed by atoms with E-state index in [0.29, 0.717) is 23.7 Å². The van der Waals surface area contributed by atoms with Gasteiger partial charge >= 0.3 is 5.97 Å². The van der Waals surface area contributed by atoms with Crippen molar-refractivity contribution >= 4 is 17.8 Å². The summed E-state index contributed by atoms with van der Waals surface area (Å²) in [6.45, 7) is -0.195. The van der Waals surface area contributed by atoms with Crippen molar-refractivity contribution in [2.24, 2.45) is 0 Å². The third-order valence-electron chi connectivity index (χ3n) is 3.55. The number of hydrogen-bond donors (Lipinski definition) is 2. The van der Waals surface area contributed by atoms with Gasteiger partial charge in [0.15, 0.2) is 6.61 Å². The Bertz CT molecular complexity index is 777. The van der Waals surface area contributed by atoms with Crippen molar-refractivity contribution < 1.29 is 28.6 Å². The van der Waals surface area contributed by atoms with Crippen LogP contribution in [0.1, 0.15) is 10.4 Å². The minimum absolute atomic E-state index is 0.277. The number of rotatable bonds is 10. The number of ether oxygens (including phenoxy) is 3. The molecule has 0 fully saturated rings. The third kappa shape index (κ3) is 7.36. The Balaban J connectivity index is 1.58. The Morgan fingerprint density at radius 3 is 2.29 bits per heavy atom. The van der Waals surface area contributed by atoms with Crippen LogP contribution in [0.3, 0.4) is 0 Å². The fourth-order valence-corrected chi connectivity index (χ4v) is 2.12. The Labute approximate surface area is 162 Å². The average molecular weight is 386 g/mol. The fraction of sp³-hybridized carbons (Fsp3) is 0.250. The summed E-state index contributed by atoms with van der Waals surface area (Å²) >= 11 is 0. The molecule has 28 heavy (non-hydrogen) atoms. The highest BCUT2D eigenvalue weighted by Gasteiger charge is 2.11. The van der Waals surface area contributed by atoms with E-state index in [4.69, 9.17) is 14.2 Å². The van der Waals surface area contributed by atoms with Gasteiger partial charge in [-0.25, -0.2) is 0 Å². The second kappa shape index (κ2) is 11.2. The maximum absolute atomic E-state index is 11.9. The number of esters is 1. The summed E-state index contributed by atoms with van der Waals surface area (Å²) in [5.74, 6) is -0.266. The molecule has 0 aromatic heterocycles. The van der Waals surface area contributed by atoms with E-state index in [0.717, 1.165) is 0 Å². The molecular weight excluding hydrogens is 364 g/mol. The van der Waals surface area contributed by atoms with E-state index in [1.54, 1.807) is 24.3 Å². The first-order chi connectivity index (χ1) is 13.6. The van der Waals surface area contributed by atoms with E-state index in [9.17, 15) is 14.4 Å². The van der Waals surface area contributed by atoms with Crippen molar-refractivity contribution in [3.63, 3.8) is 0 Å². The molecule has 8 heteroatoms. The smallest absolute Gasteiger partial charge is 0.325 e. The molecule has 2 rings (SSSR count). The predicted molar refractivity (Wildman–Crippen MR) is 101 cm³/mol. The summed E-state index contributed by atoms with van der Waals surface area (Å²) in [4.78, 5) is 35.2. The molecule has 8 nitrogen and oxygen atoms in total. The van der Waals surface area contributed by atoms with Gasteiger partial charge in [-0.05, 0) is 36.4 Å². The van der Waals surface area contributed by atoms with Gasteiger partial charge in [0.2, 0.25) is 0 Å².